The van der Waals surface area contributed by atoms with E-state index in [4.69, 9.17) is 33.2 Å². The first kappa shape index (κ1) is 37.1. The van der Waals surface area contributed by atoms with E-state index in [0.29, 0.717) is 49.5 Å². The van der Waals surface area contributed by atoms with Crippen LogP contribution in [0.3, 0.4) is 0 Å². The lowest BCUT2D eigenvalue weighted by Gasteiger charge is -2.48. The average molecular weight is 673 g/mol. The second-order valence-electron chi connectivity index (χ2n) is 14.4. The molecule has 0 radical (unpaired) electrons. The van der Waals surface area contributed by atoms with E-state index in [1.165, 1.54) is 0 Å². The molecular formula is C38H56O10. The van der Waals surface area contributed by atoms with Crippen molar-refractivity contribution in [2.24, 2.45) is 23.7 Å². The summed E-state index contributed by atoms with van der Waals surface area (Å²) in [6.45, 7) is 13.4. The molecule has 5 rings (SSSR count). The highest BCUT2D eigenvalue weighted by Gasteiger charge is 2.60. The molecule has 1 spiro atoms. The summed E-state index contributed by atoms with van der Waals surface area (Å²) < 4.78 is 42.9. The lowest BCUT2D eigenvalue weighted by molar-refractivity contribution is -0.300. The largest absolute Gasteiger partial charge is 0.462 e. The second-order valence-corrected chi connectivity index (χ2v) is 14.4. The highest BCUT2D eigenvalue weighted by molar-refractivity contribution is 5.78. The molecule has 2 saturated heterocycles. The highest BCUT2D eigenvalue weighted by atomic mass is 16.7. The monoisotopic (exact) mass is 672 g/mol. The van der Waals surface area contributed by atoms with Gasteiger partial charge >= 0.3 is 5.97 Å². The zero-order valence-corrected chi connectivity index (χ0v) is 29.6. The number of fused-ring (bicyclic) bond motifs is 2. The van der Waals surface area contributed by atoms with E-state index >= 15 is 0 Å². The topological polar surface area (TPSA) is 122 Å². The standard InChI is InChI=1S/C38H56O10/c1-8-23(2)34-26(5)14-15-37(48-34)20-30-19-29(47-37)13-12-25(4)33(45-22-43-17-16-42-7)24(3)10-9-11-28-21-44-35-32(39)27(6)18-31(36(40)46-30)38(28,35)41/h9-12,14-15,18,23-24,26,29-35,39,41H,8,13,16-17,19-22H2,1-7H3/b10-9-,25-12-,28-11?/t23-,24-,26-,29+,30-,31-,32+,33-,34+,35+,37+,38+/m0/s1. The fourth-order valence-electron chi connectivity index (χ4n) is 7.75. The predicted molar refractivity (Wildman–Crippen MR) is 180 cm³/mol. The third-order valence-electron chi connectivity index (χ3n) is 10.8. The van der Waals surface area contributed by atoms with Gasteiger partial charge in [0.1, 0.15) is 36.6 Å². The Labute approximate surface area is 285 Å². The number of aliphatic hydroxyl groups is 2. The van der Waals surface area contributed by atoms with Gasteiger partial charge < -0.3 is 43.4 Å². The fourth-order valence-corrected chi connectivity index (χ4v) is 7.75. The number of allylic oxidation sites excluding steroid dienone is 2. The zero-order chi connectivity index (χ0) is 34.6. The average Bonchev–Trinajstić information content (AvgIpc) is 3.40. The van der Waals surface area contributed by atoms with E-state index in [2.05, 4.69) is 39.8 Å². The molecule has 48 heavy (non-hydrogen) atoms. The summed E-state index contributed by atoms with van der Waals surface area (Å²) in [5.41, 5.74) is 0.308. The fraction of sp³-hybridized carbons (Fsp3) is 0.711. The number of ether oxygens (including phenoxy) is 7. The molecule has 1 aliphatic carbocycles. The van der Waals surface area contributed by atoms with Crippen molar-refractivity contribution in [1.82, 2.24) is 0 Å². The SMILES string of the molecule is CC[C@H](C)[C@H]1O[C@]2(C=C[C@@H]1C)C[C@@H]1C[C@@H](C/C=C(/C)[C@@H](OCOCCOC)[C@@H](C)/C=C\C=C3CO[C@@H]4[C@H](O)C(C)=C[C@@H](C(=O)O1)[C@]34O)O2. The van der Waals surface area contributed by atoms with E-state index < -0.39 is 41.6 Å². The van der Waals surface area contributed by atoms with Crippen LogP contribution in [0.15, 0.2) is 59.3 Å². The van der Waals surface area contributed by atoms with Gasteiger partial charge in [-0.25, -0.2) is 0 Å². The third-order valence-corrected chi connectivity index (χ3v) is 10.8. The normalized spacial score (nSPS) is 42.6. The molecule has 0 aromatic carbocycles. The Morgan fingerprint density at radius 1 is 1.08 bits per heavy atom. The molecule has 5 aliphatic rings. The molecule has 10 nitrogen and oxygen atoms in total. The Morgan fingerprint density at radius 3 is 2.62 bits per heavy atom. The molecule has 10 heteroatoms. The number of methoxy groups -OCH3 is 1. The molecule has 0 amide bonds. The summed E-state index contributed by atoms with van der Waals surface area (Å²) in [4.78, 5) is 14.1. The number of esters is 1. The molecule has 0 aromatic heterocycles. The lowest BCUT2D eigenvalue weighted by Crippen LogP contribution is -2.58. The number of rotatable bonds is 8. The van der Waals surface area contributed by atoms with Crippen molar-refractivity contribution in [3.8, 4) is 0 Å². The maximum atomic E-state index is 14.1. The predicted octanol–water partition coefficient (Wildman–Crippen LogP) is 4.95. The van der Waals surface area contributed by atoms with Crippen LogP contribution in [0, 0.1) is 23.7 Å². The first-order valence-electron chi connectivity index (χ1n) is 17.6. The molecule has 2 N–H and O–H groups in total. The van der Waals surface area contributed by atoms with Crippen LogP contribution >= 0.6 is 0 Å². The number of aliphatic hydroxyl groups excluding tert-OH is 1. The van der Waals surface area contributed by atoms with E-state index in [-0.39, 0.29) is 43.5 Å². The Balaban J connectivity index is 1.52. The van der Waals surface area contributed by atoms with Crippen molar-refractivity contribution < 1.29 is 48.2 Å². The Kier molecular flexibility index (Phi) is 12.2. The van der Waals surface area contributed by atoms with Crippen LogP contribution in [0.4, 0.5) is 0 Å². The molecular weight excluding hydrogens is 616 g/mol. The van der Waals surface area contributed by atoms with E-state index in [0.717, 1.165) is 12.0 Å². The number of hydrogen-bond acceptors (Lipinski definition) is 10. The van der Waals surface area contributed by atoms with Gasteiger partial charge in [-0.3, -0.25) is 4.79 Å². The maximum Gasteiger partial charge on any atom is 0.316 e. The minimum absolute atomic E-state index is 0.0519. The number of carbonyl (C=O) groups excluding carboxylic acids is 1. The van der Waals surface area contributed by atoms with Gasteiger partial charge in [0.25, 0.3) is 0 Å². The van der Waals surface area contributed by atoms with Gasteiger partial charge in [0, 0.05) is 31.8 Å². The van der Waals surface area contributed by atoms with Crippen molar-refractivity contribution in [1.29, 1.82) is 0 Å². The Hall–Kier alpha value is -2.15. The van der Waals surface area contributed by atoms with Gasteiger partial charge in [0.2, 0.25) is 0 Å². The van der Waals surface area contributed by atoms with Crippen LogP contribution in [0.1, 0.15) is 67.2 Å². The molecule has 2 bridgehead atoms. The van der Waals surface area contributed by atoms with Crippen LogP contribution in [0.2, 0.25) is 0 Å². The van der Waals surface area contributed by atoms with Crippen LogP contribution < -0.4 is 0 Å². The number of carbonyl (C=O) groups is 1. The minimum atomic E-state index is -1.78. The third kappa shape index (κ3) is 7.76. The van der Waals surface area contributed by atoms with E-state index in [9.17, 15) is 15.0 Å². The molecule has 4 aliphatic heterocycles. The van der Waals surface area contributed by atoms with E-state index in [1.54, 1.807) is 26.2 Å². The highest BCUT2D eigenvalue weighted by Crippen LogP contribution is 2.47. The summed E-state index contributed by atoms with van der Waals surface area (Å²) in [6, 6.07) is 0. The first-order valence-corrected chi connectivity index (χ1v) is 17.6. The summed E-state index contributed by atoms with van der Waals surface area (Å²) in [5.74, 6) is -2.23. The van der Waals surface area contributed by atoms with Gasteiger partial charge in [-0.15, -0.1) is 0 Å². The number of hydrogen-bond donors (Lipinski definition) is 2. The van der Waals surface area contributed by atoms with Gasteiger partial charge in [-0.05, 0) is 49.0 Å². The van der Waals surface area contributed by atoms with Crippen molar-refractivity contribution >= 4 is 5.97 Å². The minimum Gasteiger partial charge on any atom is -0.462 e. The molecule has 2 fully saturated rings. The molecule has 0 unspecified atom stereocenters. The zero-order valence-electron chi connectivity index (χ0n) is 29.6. The summed E-state index contributed by atoms with van der Waals surface area (Å²) >= 11 is 0. The van der Waals surface area contributed by atoms with Crippen molar-refractivity contribution in [3.63, 3.8) is 0 Å². The summed E-state index contributed by atoms with van der Waals surface area (Å²) in [6.07, 6.45) is 12.6. The molecule has 4 heterocycles. The van der Waals surface area contributed by atoms with E-state index in [1.807, 2.05) is 25.2 Å². The summed E-state index contributed by atoms with van der Waals surface area (Å²) in [5, 5.41) is 23.3. The van der Waals surface area contributed by atoms with Crippen LogP contribution in [0.25, 0.3) is 0 Å². The maximum absolute atomic E-state index is 14.1. The van der Waals surface area contributed by atoms with Crippen molar-refractivity contribution in [3.05, 3.63) is 59.3 Å². The van der Waals surface area contributed by atoms with Gasteiger partial charge in [0.05, 0.1) is 38.1 Å². The summed E-state index contributed by atoms with van der Waals surface area (Å²) in [7, 11) is 1.63. The Bertz CT molecular complexity index is 1290. The van der Waals surface area contributed by atoms with Gasteiger partial charge in [-0.1, -0.05) is 70.6 Å². The van der Waals surface area contributed by atoms with Gasteiger partial charge in [0.15, 0.2) is 5.79 Å². The first-order chi connectivity index (χ1) is 22.9. The Morgan fingerprint density at radius 2 is 1.88 bits per heavy atom. The van der Waals surface area contributed by atoms with Crippen molar-refractivity contribution in [2.75, 3.05) is 33.7 Å². The second kappa shape index (κ2) is 15.8. The van der Waals surface area contributed by atoms with Crippen LogP contribution in [-0.2, 0) is 38.0 Å². The smallest absolute Gasteiger partial charge is 0.316 e. The quantitative estimate of drug-likeness (QED) is 0.159. The van der Waals surface area contributed by atoms with Gasteiger partial charge in [-0.2, -0.15) is 0 Å². The molecule has 12 atom stereocenters. The molecule has 0 aromatic rings. The molecule has 0 saturated carbocycles. The van der Waals surface area contributed by atoms with Crippen LogP contribution in [-0.4, -0.2) is 97.9 Å². The molecule has 268 valence electrons. The van der Waals surface area contributed by atoms with Crippen molar-refractivity contribution in [2.45, 2.75) is 115 Å². The van der Waals surface area contributed by atoms with Crippen LogP contribution in [0.5, 0.6) is 0 Å². The lowest BCUT2D eigenvalue weighted by atomic mass is 9.71.